The molecule has 0 radical (unpaired) electrons. The average molecular weight is 249 g/mol. The smallest absolute Gasteiger partial charge is 0.325 e. The van der Waals surface area contributed by atoms with Gasteiger partial charge in [0.1, 0.15) is 6.04 Å². The highest BCUT2D eigenvalue weighted by Gasteiger charge is 2.38. The molecule has 0 aromatic heterocycles. The lowest BCUT2D eigenvalue weighted by atomic mass is 10.1. The van der Waals surface area contributed by atoms with E-state index in [1.807, 2.05) is 18.2 Å². The van der Waals surface area contributed by atoms with Gasteiger partial charge in [-0.2, -0.15) is 0 Å². The fourth-order valence-electron chi connectivity index (χ4n) is 1.70. The van der Waals surface area contributed by atoms with E-state index in [4.69, 9.17) is 18.0 Å². The number of imide groups is 1. The van der Waals surface area contributed by atoms with E-state index in [0.717, 1.165) is 10.5 Å². The second-order valence-corrected chi connectivity index (χ2v) is 4.21. The summed E-state index contributed by atoms with van der Waals surface area (Å²) in [5.74, 6) is -0.325. The Kier molecular flexibility index (Phi) is 3.06. The van der Waals surface area contributed by atoms with Gasteiger partial charge in [0.15, 0.2) is 0 Å². The topological polar surface area (TPSA) is 75.4 Å². The SMILES string of the molecule is NC(=S)CN1C(=O)NC(c2ccccc2)C1=O. The van der Waals surface area contributed by atoms with Crippen LogP contribution >= 0.6 is 12.2 Å². The van der Waals surface area contributed by atoms with Crippen molar-refractivity contribution in [3.63, 3.8) is 0 Å². The molecule has 0 aliphatic carbocycles. The Hall–Kier alpha value is -1.95. The molecular formula is C11H11N3O2S. The zero-order chi connectivity index (χ0) is 12.4. The van der Waals surface area contributed by atoms with Crippen LogP contribution < -0.4 is 11.1 Å². The summed E-state index contributed by atoms with van der Waals surface area (Å²) >= 11 is 4.70. The number of urea groups is 1. The average Bonchev–Trinajstić information content (AvgIpc) is 2.58. The van der Waals surface area contributed by atoms with Gasteiger partial charge in [0.2, 0.25) is 0 Å². The van der Waals surface area contributed by atoms with Gasteiger partial charge >= 0.3 is 6.03 Å². The molecule has 0 bridgehead atoms. The van der Waals surface area contributed by atoms with E-state index in [9.17, 15) is 9.59 Å². The summed E-state index contributed by atoms with van der Waals surface area (Å²) < 4.78 is 0. The Balaban J connectivity index is 2.22. The molecule has 1 aliphatic rings. The third-order valence-corrected chi connectivity index (χ3v) is 2.60. The largest absolute Gasteiger partial charge is 0.392 e. The summed E-state index contributed by atoms with van der Waals surface area (Å²) in [5, 5.41) is 2.60. The van der Waals surface area contributed by atoms with Crippen LogP contribution in [-0.4, -0.2) is 28.4 Å². The minimum Gasteiger partial charge on any atom is -0.392 e. The number of rotatable bonds is 3. The Bertz CT molecular complexity index is 475. The highest BCUT2D eigenvalue weighted by molar-refractivity contribution is 7.80. The van der Waals surface area contributed by atoms with Crippen molar-refractivity contribution in [3.8, 4) is 0 Å². The Morgan fingerprint density at radius 1 is 1.35 bits per heavy atom. The van der Waals surface area contributed by atoms with Crippen molar-refractivity contribution >= 4 is 29.1 Å². The molecule has 5 nitrogen and oxygen atoms in total. The van der Waals surface area contributed by atoms with Crippen LogP contribution in [0, 0.1) is 0 Å². The van der Waals surface area contributed by atoms with Gasteiger partial charge in [0.05, 0.1) is 11.5 Å². The van der Waals surface area contributed by atoms with Gasteiger partial charge in [-0.05, 0) is 5.56 Å². The summed E-state index contributed by atoms with van der Waals surface area (Å²) in [6.45, 7) is -0.0245. The number of benzene rings is 1. The maximum atomic E-state index is 12.0. The summed E-state index contributed by atoms with van der Waals surface area (Å²) in [5.41, 5.74) is 6.08. The van der Waals surface area contributed by atoms with Gasteiger partial charge < -0.3 is 11.1 Å². The normalized spacial score (nSPS) is 19.3. The van der Waals surface area contributed by atoms with Crippen molar-refractivity contribution in [1.82, 2.24) is 10.2 Å². The lowest BCUT2D eigenvalue weighted by molar-refractivity contribution is -0.127. The van der Waals surface area contributed by atoms with Crippen LogP contribution in [0.2, 0.25) is 0 Å². The minimum atomic E-state index is -0.641. The quantitative estimate of drug-likeness (QED) is 0.606. The maximum absolute atomic E-state index is 12.0. The number of thiocarbonyl (C=S) groups is 1. The molecule has 1 heterocycles. The van der Waals surface area contributed by atoms with E-state index in [2.05, 4.69) is 5.32 Å². The van der Waals surface area contributed by atoms with Gasteiger partial charge in [-0.15, -0.1) is 0 Å². The molecule has 1 aliphatic heterocycles. The van der Waals surface area contributed by atoms with Crippen molar-refractivity contribution in [3.05, 3.63) is 35.9 Å². The highest BCUT2D eigenvalue weighted by atomic mass is 32.1. The molecule has 0 spiro atoms. The number of nitrogens with zero attached hydrogens (tertiary/aromatic N) is 1. The lowest BCUT2D eigenvalue weighted by Gasteiger charge is -2.11. The molecule has 0 saturated carbocycles. The molecule has 2 rings (SSSR count). The van der Waals surface area contributed by atoms with Crippen LogP contribution in [0.5, 0.6) is 0 Å². The van der Waals surface area contributed by atoms with Crippen LogP contribution in [0.25, 0.3) is 0 Å². The van der Waals surface area contributed by atoms with Crippen molar-refractivity contribution in [2.75, 3.05) is 6.54 Å². The number of nitrogens with two attached hydrogens (primary N) is 1. The van der Waals surface area contributed by atoms with Crippen molar-refractivity contribution in [2.24, 2.45) is 5.73 Å². The number of hydrogen-bond acceptors (Lipinski definition) is 3. The highest BCUT2D eigenvalue weighted by Crippen LogP contribution is 2.21. The molecule has 6 heteroatoms. The predicted octanol–water partition coefficient (Wildman–Crippen LogP) is 0.566. The molecule has 1 fully saturated rings. The van der Waals surface area contributed by atoms with Crippen molar-refractivity contribution in [1.29, 1.82) is 0 Å². The first-order chi connectivity index (χ1) is 8.09. The van der Waals surface area contributed by atoms with Crippen LogP contribution in [0.3, 0.4) is 0 Å². The maximum Gasteiger partial charge on any atom is 0.325 e. The standard InChI is InChI=1S/C11H11N3O2S/c12-8(17)6-14-10(15)9(13-11(14)16)7-4-2-1-3-5-7/h1-5,9H,6H2,(H2,12,17)(H,13,16). The fraction of sp³-hybridized carbons (Fsp3) is 0.182. The Morgan fingerprint density at radius 2 is 2.00 bits per heavy atom. The number of carbonyl (C=O) groups is 2. The number of amides is 3. The third kappa shape index (κ3) is 2.26. The number of carbonyl (C=O) groups excluding carboxylic acids is 2. The van der Waals surface area contributed by atoms with Gasteiger partial charge in [-0.25, -0.2) is 4.79 Å². The monoisotopic (exact) mass is 249 g/mol. The van der Waals surface area contributed by atoms with Crippen molar-refractivity contribution in [2.45, 2.75) is 6.04 Å². The van der Waals surface area contributed by atoms with Crippen LogP contribution in [-0.2, 0) is 4.79 Å². The summed E-state index contributed by atoms with van der Waals surface area (Å²) in [4.78, 5) is 24.7. The minimum absolute atomic E-state index is 0.0245. The second-order valence-electron chi connectivity index (χ2n) is 3.68. The first-order valence-electron chi connectivity index (χ1n) is 5.04. The summed E-state index contributed by atoms with van der Waals surface area (Å²) in [6.07, 6.45) is 0. The Labute approximate surface area is 104 Å². The van der Waals surface area contributed by atoms with E-state index in [1.54, 1.807) is 12.1 Å². The molecule has 3 N–H and O–H groups in total. The number of nitrogens with one attached hydrogen (secondary N) is 1. The van der Waals surface area contributed by atoms with E-state index >= 15 is 0 Å². The predicted molar refractivity (Wildman–Crippen MR) is 66.2 cm³/mol. The molecule has 3 amide bonds. The second kappa shape index (κ2) is 4.50. The fourth-order valence-corrected chi connectivity index (χ4v) is 1.83. The zero-order valence-electron chi connectivity index (χ0n) is 8.92. The molecule has 88 valence electrons. The van der Waals surface area contributed by atoms with E-state index in [0.29, 0.717) is 0 Å². The van der Waals surface area contributed by atoms with Gasteiger partial charge in [-0.1, -0.05) is 42.5 Å². The van der Waals surface area contributed by atoms with Gasteiger partial charge in [0, 0.05) is 0 Å². The first kappa shape index (κ1) is 11.5. The molecular weight excluding hydrogens is 238 g/mol. The van der Waals surface area contributed by atoms with Crippen molar-refractivity contribution < 1.29 is 9.59 Å². The van der Waals surface area contributed by atoms with Crippen LogP contribution in [0.1, 0.15) is 11.6 Å². The van der Waals surface area contributed by atoms with E-state index < -0.39 is 12.1 Å². The third-order valence-electron chi connectivity index (χ3n) is 2.47. The summed E-state index contributed by atoms with van der Waals surface area (Å²) in [6, 6.07) is 7.93. The van der Waals surface area contributed by atoms with Gasteiger partial charge in [-0.3, -0.25) is 9.69 Å². The van der Waals surface area contributed by atoms with Gasteiger partial charge in [0.25, 0.3) is 5.91 Å². The van der Waals surface area contributed by atoms with E-state index in [-0.39, 0.29) is 17.4 Å². The lowest BCUT2D eigenvalue weighted by Crippen LogP contribution is -2.37. The first-order valence-corrected chi connectivity index (χ1v) is 5.45. The summed E-state index contributed by atoms with van der Waals surface area (Å²) in [7, 11) is 0. The molecule has 1 aromatic carbocycles. The van der Waals surface area contributed by atoms with Crippen LogP contribution in [0.4, 0.5) is 4.79 Å². The van der Waals surface area contributed by atoms with Crippen LogP contribution in [0.15, 0.2) is 30.3 Å². The molecule has 1 atom stereocenters. The Morgan fingerprint density at radius 3 is 2.59 bits per heavy atom. The molecule has 17 heavy (non-hydrogen) atoms. The zero-order valence-corrected chi connectivity index (χ0v) is 9.74. The number of hydrogen-bond donors (Lipinski definition) is 2. The molecule has 1 unspecified atom stereocenters. The molecule has 1 saturated heterocycles. The van der Waals surface area contributed by atoms with E-state index in [1.165, 1.54) is 0 Å². The molecule has 1 aromatic rings.